The molecule has 0 bridgehead atoms. The number of ether oxygens (including phenoxy) is 1. The van der Waals surface area contributed by atoms with Gasteiger partial charge in [-0.2, -0.15) is 0 Å². The van der Waals surface area contributed by atoms with E-state index in [4.69, 9.17) is 10.5 Å². The van der Waals surface area contributed by atoms with Gasteiger partial charge in [-0.3, -0.25) is 9.78 Å². The van der Waals surface area contributed by atoms with Crippen molar-refractivity contribution in [2.45, 2.75) is 19.6 Å². The average molecular weight is 371 g/mol. The van der Waals surface area contributed by atoms with Crippen molar-refractivity contribution < 1.29 is 18.3 Å². The van der Waals surface area contributed by atoms with Gasteiger partial charge in [-0.25, -0.2) is 8.78 Å². The maximum absolute atomic E-state index is 13.7. The molecule has 0 aliphatic carbocycles. The topological polar surface area (TPSA) is 77.2 Å². The molecule has 2 aromatic carbocycles. The van der Waals surface area contributed by atoms with E-state index in [1.807, 2.05) is 0 Å². The van der Waals surface area contributed by atoms with Gasteiger partial charge in [0.05, 0.1) is 11.1 Å². The summed E-state index contributed by atoms with van der Waals surface area (Å²) in [5.41, 5.74) is 6.37. The van der Waals surface area contributed by atoms with E-state index >= 15 is 0 Å². The molecule has 5 nitrogen and oxygen atoms in total. The van der Waals surface area contributed by atoms with Crippen LogP contribution in [0.25, 0.3) is 10.9 Å². The number of aromatic nitrogens is 1. The zero-order chi connectivity index (χ0) is 19.4. The molecule has 0 radical (unpaired) electrons. The average Bonchev–Trinajstić information content (AvgIpc) is 2.65. The first-order valence-corrected chi connectivity index (χ1v) is 8.44. The Morgan fingerprint density at radius 1 is 1.22 bits per heavy atom. The molecule has 1 heterocycles. The number of benzene rings is 2. The minimum atomic E-state index is -0.670. The first kappa shape index (κ1) is 18.7. The predicted molar refractivity (Wildman–Crippen MR) is 98.4 cm³/mol. The summed E-state index contributed by atoms with van der Waals surface area (Å²) in [5.74, 6) is -1.24. The second-order valence-electron chi connectivity index (χ2n) is 6.23. The smallest absolute Gasteiger partial charge is 0.252 e. The van der Waals surface area contributed by atoms with Crippen LogP contribution in [0.5, 0.6) is 5.75 Å². The minimum Gasteiger partial charge on any atom is -0.486 e. The molecule has 0 aliphatic rings. The van der Waals surface area contributed by atoms with Crippen LogP contribution in [-0.2, 0) is 6.61 Å². The molecule has 140 valence electrons. The van der Waals surface area contributed by atoms with Crippen molar-refractivity contribution in [3.05, 3.63) is 71.4 Å². The Bertz CT molecular complexity index is 956. The Morgan fingerprint density at radius 2 is 1.93 bits per heavy atom. The summed E-state index contributed by atoms with van der Waals surface area (Å²) in [5, 5.41) is 3.39. The van der Waals surface area contributed by atoms with Crippen LogP contribution in [0, 0.1) is 11.6 Å². The highest BCUT2D eigenvalue weighted by molar-refractivity contribution is 5.98. The van der Waals surface area contributed by atoms with Crippen molar-refractivity contribution in [3.8, 4) is 5.75 Å². The molecule has 3 N–H and O–H groups in total. The van der Waals surface area contributed by atoms with Gasteiger partial charge < -0.3 is 15.8 Å². The zero-order valence-corrected chi connectivity index (χ0v) is 14.7. The summed E-state index contributed by atoms with van der Waals surface area (Å²) in [6.45, 7) is 1.88. The number of para-hydroxylation sites is 1. The standard InChI is InChI=1S/C20H19F2N3O2/c1-12(23)9-25-20(26)14-8-13-4-2-7-18(19(13)24-10-14)27-11-15-16(21)5-3-6-17(15)22/h2-8,10,12H,9,11,23H2,1H3,(H,25,26). The fourth-order valence-corrected chi connectivity index (χ4v) is 2.55. The summed E-state index contributed by atoms with van der Waals surface area (Å²) in [6, 6.07) is 10.3. The number of nitrogens with zero attached hydrogens (tertiary/aromatic N) is 1. The Morgan fingerprint density at radius 3 is 2.63 bits per heavy atom. The van der Waals surface area contributed by atoms with Crippen molar-refractivity contribution in [3.63, 3.8) is 0 Å². The van der Waals surface area contributed by atoms with Crippen LogP contribution in [0.15, 0.2) is 48.7 Å². The van der Waals surface area contributed by atoms with Gasteiger partial charge in [-0.1, -0.05) is 18.2 Å². The lowest BCUT2D eigenvalue weighted by Gasteiger charge is -2.11. The molecular weight excluding hydrogens is 352 g/mol. The van der Waals surface area contributed by atoms with Crippen molar-refractivity contribution >= 4 is 16.8 Å². The van der Waals surface area contributed by atoms with Gasteiger partial charge in [0, 0.05) is 24.2 Å². The monoisotopic (exact) mass is 371 g/mol. The van der Waals surface area contributed by atoms with Crippen molar-refractivity contribution in [1.82, 2.24) is 10.3 Å². The molecule has 0 saturated heterocycles. The molecule has 1 amide bonds. The first-order chi connectivity index (χ1) is 13.0. The number of carbonyl (C=O) groups is 1. The maximum atomic E-state index is 13.7. The number of amides is 1. The van der Waals surface area contributed by atoms with Gasteiger partial charge in [0.2, 0.25) is 0 Å². The SMILES string of the molecule is CC(N)CNC(=O)c1cnc2c(OCc3c(F)cccc3F)cccc2c1. The quantitative estimate of drug-likeness (QED) is 0.698. The van der Waals surface area contributed by atoms with E-state index < -0.39 is 11.6 Å². The van der Waals surface area contributed by atoms with Crippen molar-refractivity contribution in [1.29, 1.82) is 0 Å². The number of nitrogens with two attached hydrogens (primary N) is 1. The number of rotatable bonds is 6. The highest BCUT2D eigenvalue weighted by Crippen LogP contribution is 2.26. The lowest BCUT2D eigenvalue weighted by atomic mass is 10.1. The molecule has 0 spiro atoms. The van der Waals surface area contributed by atoms with Crippen molar-refractivity contribution in [2.75, 3.05) is 6.54 Å². The molecular formula is C20H19F2N3O2. The van der Waals surface area contributed by atoms with Crippen LogP contribution < -0.4 is 15.8 Å². The maximum Gasteiger partial charge on any atom is 0.252 e. The largest absolute Gasteiger partial charge is 0.486 e. The van der Waals surface area contributed by atoms with Crippen molar-refractivity contribution in [2.24, 2.45) is 5.73 Å². The fourth-order valence-electron chi connectivity index (χ4n) is 2.55. The number of hydrogen-bond acceptors (Lipinski definition) is 4. The Labute approximate surface area is 155 Å². The zero-order valence-electron chi connectivity index (χ0n) is 14.7. The third-order valence-corrected chi connectivity index (χ3v) is 3.95. The van der Waals surface area contributed by atoms with E-state index in [1.165, 1.54) is 24.4 Å². The van der Waals surface area contributed by atoms with Crippen LogP contribution in [0.3, 0.4) is 0 Å². The number of hydrogen-bond donors (Lipinski definition) is 2. The Hall–Kier alpha value is -3.06. The molecule has 1 unspecified atom stereocenters. The highest BCUT2D eigenvalue weighted by Gasteiger charge is 2.13. The molecule has 0 fully saturated rings. The molecule has 1 aromatic heterocycles. The molecule has 0 saturated carbocycles. The van der Waals surface area contributed by atoms with E-state index in [1.54, 1.807) is 31.2 Å². The number of carbonyl (C=O) groups excluding carboxylic acids is 1. The molecule has 3 rings (SSSR count). The van der Waals surface area contributed by atoms with Gasteiger partial charge in [-0.05, 0) is 31.2 Å². The number of halogens is 2. The van der Waals surface area contributed by atoms with Gasteiger partial charge >= 0.3 is 0 Å². The third kappa shape index (κ3) is 4.38. The molecule has 27 heavy (non-hydrogen) atoms. The van der Waals surface area contributed by atoms with E-state index in [0.29, 0.717) is 28.8 Å². The van der Waals surface area contributed by atoms with Gasteiger partial charge in [0.15, 0.2) is 0 Å². The normalized spacial score (nSPS) is 12.0. The summed E-state index contributed by atoms with van der Waals surface area (Å²) < 4.78 is 33.1. The van der Waals surface area contributed by atoms with E-state index in [-0.39, 0.29) is 24.1 Å². The summed E-state index contributed by atoms with van der Waals surface area (Å²) >= 11 is 0. The second-order valence-corrected chi connectivity index (χ2v) is 6.23. The van der Waals surface area contributed by atoms with Crippen LogP contribution in [0.1, 0.15) is 22.8 Å². The van der Waals surface area contributed by atoms with Gasteiger partial charge in [-0.15, -0.1) is 0 Å². The number of pyridine rings is 1. The highest BCUT2D eigenvalue weighted by atomic mass is 19.1. The first-order valence-electron chi connectivity index (χ1n) is 8.44. The lowest BCUT2D eigenvalue weighted by molar-refractivity contribution is 0.0951. The number of nitrogens with one attached hydrogen (secondary N) is 1. The van der Waals surface area contributed by atoms with Crippen LogP contribution >= 0.6 is 0 Å². The summed E-state index contributed by atoms with van der Waals surface area (Å²) in [4.78, 5) is 16.4. The van der Waals surface area contributed by atoms with Crippen LogP contribution in [0.4, 0.5) is 8.78 Å². The third-order valence-electron chi connectivity index (χ3n) is 3.95. The van der Waals surface area contributed by atoms with E-state index in [0.717, 1.165) is 0 Å². The van der Waals surface area contributed by atoms with Crippen LogP contribution in [0.2, 0.25) is 0 Å². The predicted octanol–water partition coefficient (Wildman–Crippen LogP) is 3.17. The fraction of sp³-hybridized carbons (Fsp3) is 0.200. The second kappa shape index (κ2) is 8.09. The molecule has 3 aromatic rings. The number of fused-ring (bicyclic) bond motifs is 1. The minimum absolute atomic E-state index is 0.151. The molecule has 1 atom stereocenters. The molecule has 7 heteroatoms. The van der Waals surface area contributed by atoms with Gasteiger partial charge in [0.1, 0.15) is 29.5 Å². The van der Waals surface area contributed by atoms with E-state index in [9.17, 15) is 13.6 Å². The molecule has 0 aliphatic heterocycles. The summed E-state index contributed by atoms with van der Waals surface area (Å²) in [7, 11) is 0. The van der Waals surface area contributed by atoms with Gasteiger partial charge in [0.25, 0.3) is 5.91 Å². The van der Waals surface area contributed by atoms with E-state index in [2.05, 4.69) is 10.3 Å². The summed E-state index contributed by atoms with van der Waals surface area (Å²) in [6.07, 6.45) is 1.43. The lowest BCUT2D eigenvalue weighted by Crippen LogP contribution is -2.35. The Kier molecular flexibility index (Phi) is 5.61. The van der Waals surface area contributed by atoms with Crippen LogP contribution in [-0.4, -0.2) is 23.5 Å². The Balaban J connectivity index is 1.82.